The summed E-state index contributed by atoms with van der Waals surface area (Å²) in [5, 5.41) is 10.1. The third-order valence-electron chi connectivity index (χ3n) is 3.15. The third-order valence-corrected chi connectivity index (χ3v) is 3.15. The van der Waals surface area contributed by atoms with Crippen LogP contribution in [0.15, 0.2) is 30.3 Å². The van der Waals surface area contributed by atoms with Crippen molar-refractivity contribution in [1.82, 2.24) is 0 Å². The van der Waals surface area contributed by atoms with E-state index >= 15 is 0 Å². The molecule has 0 aliphatic rings. The van der Waals surface area contributed by atoms with E-state index in [-0.39, 0.29) is 11.5 Å². The summed E-state index contributed by atoms with van der Waals surface area (Å²) >= 11 is 0. The average molecular weight is 249 g/mol. The van der Waals surface area contributed by atoms with Crippen LogP contribution in [0.5, 0.6) is 0 Å². The number of hydrogen-bond donors (Lipinski definition) is 0. The number of benzene rings is 1. The van der Waals surface area contributed by atoms with Gasteiger partial charge in [-0.2, -0.15) is 0 Å². The summed E-state index contributed by atoms with van der Waals surface area (Å²) in [6, 6.07) is 10.6. The quantitative estimate of drug-likeness (QED) is 0.353. The molecule has 0 fully saturated rings. The van der Waals surface area contributed by atoms with Gasteiger partial charge < -0.3 is 0 Å². The second-order valence-corrected chi connectivity index (χ2v) is 4.77. The van der Waals surface area contributed by atoms with Gasteiger partial charge in [-0.05, 0) is 24.8 Å². The van der Waals surface area contributed by atoms with Gasteiger partial charge in [-0.3, -0.25) is 10.1 Å². The fourth-order valence-electron chi connectivity index (χ4n) is 2.10. The van der Waals surface area contributed by atoms with E-state index in [2.05, 4.69) is 30.3 Å². The lowest BCUT2D eigenvalue weighted by molar-refractivity contribution is -0.480. The molecule has 3 heteroatoms. The molecule has 0 N–H and O–H groups in total. The Morgan fingerprint density at radius 1 is 0.833 bits per heavy atom. The molecule has 0 aliphatic carbocycles. The van der Waals surface area contributed by atoms with Gasteiger partial charge in [0.05, 0.1) is 0 Å². The lowest BCUT2D eigenvalue weighted by Crippen LogP contribution is -1.99. The first kappa shape index (κ1) is 14.7. The van der Waals surface area contributed by atoms with Crippen molar-refractivity contribution in [3.05, 3.63) is 46.0 Å². The van der Waals surface area contributed by atoms with Crippen molar-refractivity contribution in [2.75, 3.05) is 6.54 Å². The fourth-order valence-corrected chi connectivity index (χ4v) is 2.10. The Bertz CT molecular complexity index is 325. The summed E-state index contributed by atoms with van der Waals surface area (Å²) in [4.78, 5) is 9.89. The van der Waals surface area contributed by atoms with E-state index in [9.17, 15) is 10.1 Å². The molecule has 0 saturated carbocycles. The van der Waals surface area contributed by atoms with Gasteiger partial charge in [0.15, 0.2) is 0 Å². The van der Waals surface area contributed by atoms with E-state index in [0.717, 1.165) is 19.3 Å². The summed E-state index contributed by atoms with van der Waals surface area (Å²) in [7, 11) is 0. The standard InChI is InChI=1S/C15H23NO2/c17-16(18)14-10-5-3-1-2-4-7-11-15-12-8-6-9-13-15/h6,8-9,12-13H,1-5,7,10-11,14H2. The Morgan fingerprint density at radius 3 is 2.00 bits per heavy atom. The average Bonchev–Trinajstić information content (AvgIpc) is 2.37. The molecule has 3 nitrogen and oxygen atoms in total. The molecular formula is C15H23NO2. The van der Waals surface area contributed by atoms with E-state index < -0.39 is 0 Å². The molecule has 0 saturated heterocycles. The third kappa shape index (κ3) is 7.82. The minimum absolute atomic E-state index is 0.133. The highest BCUT2D eigenvalue weighted by molar-refractivity contribution is 5.14. The molecule has 1 rings (SSSR count). The van der Waals surface area contributed by atoms with Gasteiger partial charge in [0.2, 0.25) is 6.54 Å². The van der Waals surface area contributed by atoms with Crippen LogP contribution < -0.4 is 0 Å². The summed E-state index contributed by atoms with van der Waals surface area (Å²) in [5.41, 5.74) is 1.42. The van der Waals surface area contributed by atoms with Crippen molar-refractivity contribution >= 4 is 0 Å². The van der Waals surface area contributed by atoms with Crippen LogP contribution in [0.2, 0.25) is 0 Å². The summed E-state index contributed by atoms with van der Waals surface area (Å²) in [6.07, 6.45) is 9.03. The zero-order valence-electron chi connectivity index (χ0n) is 11.0. The number of nitrogens with zero attached hydrogens (tertiary/aromatic N) is 1. The number of aryl methyl sites for hydroxylation is 1. The molecule has 0 heterocycles. The molecule has 0 amide bonds. The topological polar surface area (TPSA) is 43.1 Å². The van der Waals surface area contributed by atoms with E-state index in [1.165, 1.54) is 37.7 Å². The summed E-state index contributed by atoms with van der Waals surface area (Å²) in [6.45, 7) is 0.133. The molecule has 0 bridgehead atoms. The second kappa shape index (κ2) is 9.63. The highest BCUT2D eigenvalue weighted by Gasteiger charge is 1.97. The SMILES string of the molecule is O=[N+]([O-])CCCCCCCCCc1ccccc1. The molecule has 0 spiro atoms. The van der Waals surface area contributed by atoms with Crippen LogP contribution in [0.25, 0.3) is 0 Å². The molecule has 0 aliphatic heterocycles. The van der Waals surface area contributed by atoms with Gasteiger partial charge >= 0.3 is 0 Å². The van der Waals surface area contributed by atoms with Crippen LogP contribution in [0.4, 0.5) is 0 Å². The lowest BCUT2D eigenvalue weighted by atomic mass is 10.0. The lowest BCUT2D eigenvalue weighted by Gasteiger charge is -2.02. The van der Waals surface area contributed by atoms with Crippen LogP contribution in [0.1, 0.15) is 50.5 Å². The second-order valence-electron chi connectivity index (χ2n) is 4.77. The maximum Gasteiger partial charge on any atom is 0.203 e. The summed E-state index contributed by atoms with van der Waals surface area (Å²) in [5.74, 6) is 0. The molecule has 1 aromatic carbocycles. The van der Waals surface area contributed by atoms with Crippen molar-refractivity contribution in [3.63, 3.8) is 0 Å². The predicted molar refractivity (Wildman–Crippen MR) is 74.3 cm³/mol. The van der Waals surface area contributed by atoms with Gasteiger partial charge in [0.1, 0.15) is 0 Å². The van der Waals surface area contributed by atoms with Gasteiger partial charge in [0.25, 0.3) is 0 Å². The van der Waals surface area contributed by atoms with Crippen LogP contribution in [-0.4, -0.2) is 11.5 Å². The van der Waals surface area contributed by atoms with Crippen LogP contribution in [0.3, 0.4) is 0 Å². The highest BCUT2D eigenvalue weighted by Crippen LogP contribution is 2.10. The van der Waals surface area contributed by atoms with Crippen molar-refractivity contribution in [3.8, 4) is 0 Å². The van der Waals surface area contributed by atoms with Crippen molar-refractivity contribution in [1.29, 1.82) is 0 Å². The van der Waals surface area contributed by atoms with Gasteiger partial charge in [0, 0.05) is 11.3 Å². The van der Waals surface area contributed by atoms with E-state index in [4.69, 9.17) is 0 Å². The molecule has 0 radical (unpaired) electrons. The van der Waals surface area contributed by atoms with Crippen LogP contribution >= 0.6 is 0 Å². The van der Waals surface area contributed by atoms with Crippen LogP contribution in [0, 0.1) is 10.1 Å². The van der Waals surface area contributed by atoms with Gasteiger partial charge in [-0.1, -0.05) is 56.0 Å². The van der Waals surface area contributed by atoms with E-state index in [0.29, 0.717) is 0 Å². The first-order valence-electron chi connectivity index (χ1n) is 6.95. The van der Waals surface area contributed by atoms with Gasteiger partial charge in [-0.15, -0.1) is 0 Å². The molecule has 0 aromatic heterocycles. The molecule has 0 unspecified atom stereocenters. The molecule has 0 atom stereocenters. The zero-order chi connectivity index (χ0) is 13.1. The number of nitro groups is 1. The number of hydrogen-bond acceptors (Lipinski definition) is 2. The molecule has 100 valence electrons. The van der Waals surface area contributed by atoms with Crippen molar-refractivity contribution in [2.24, 2.45) is 0 Å². The fraction of sp³-hybridized carbons (Fsp3) is 0.600. The first-order chi connectivity index (χ1) is 8.79. The Hall–Kier alpha value is -1.38. The zero-order valence-corrected chi connectivity index (χ0v) is 11.0. The first-order valence-corrected chi connectivity index (χ1v) is 6.95. The number of rotatable bonds is 10. The van der Waals surface area contributed by atoms with E-state index in [1.54, 1.807) is 0 Å². The Labute approximate surface area is 109 Å². The predicted octanol–water partition coefficient (Wildman–Crippen LogP) is 4.24. The van der Waals surface area contributed by atoms with Crippen molar-refractivity contribution < 1.29 is 4.92 Å². The Kier molecular flexibility index (Phi) is 7.85. The highest BCUT2D eigenvalue weighted by atomic mass is 16.6. The van der Waals surface area contributed by atoms with E-state index in [1.807, 2.05) is 0 Å². The molecule has 18 heavy (non-hydrogen) atoms. The largest absolute Gasteiger partial charge is 0.265 e. The maximum absolute atomic E-state index is 10.1. The van der Waals surface area contributed by atoms with Gasteiger partial charge in [-0.25, -0.2) is 0 Å². The van der Waals surface area contributed by atoms with Crippen LogP contribution in [-0.2, 0) is 6.42 Å². The number of unbranched alkanes of at least 4 members (excludes halogenated alkanes) is 6. The minimum atomic E-state index is -0.222. The molecule has 1 aromatic rings. The van der Waals surface area contributed by atoms with Crippen molar-refractivity contribution in [2.45, 2.75) is 51.4 Å². The smallest absolute Gasteiger partial charge is 0.203 e. The summed E-state index contributed by atoms with van der Waals surface area (Å²) < 4.78 is 0. The molecular weight excluding hydrogens is 226 g/mol. The maximum atomic E-state index is 10.1. The Morgan fingerprint density at radius 2 is 1.39 bits per heavy atom. The monoisotopic (exact) mass is 249 g/mol. The Balaban J connectivity index is 1.86. The minimum Gasteiger partial charge on any atom is -0.265 e. The normalized spacial score (nSPS) is 10.4.